The first-order valence-electron chi connectivity index (χ1n) is 7.27. The zero-order valence-electron chi connectivity index (χ0n) is 12.4. The first-order chi connectivity index (χ1) is 9.15. The third-order valence-corrected chi connectivity index (χ3v) is 4.36. The van der Waals surface area contributed by atoms with Crippen LogP contribution in [0.25, 0.3) is 0 Å². The summed E-state index contributed by atoms with van der Waals surface area (Å²) in [5, 5.41) is 7.61. The summed E-state index contributed by atoms with van der Waals surface area (Å²) in [7, 11) is 1.72. The van der Waals surface area contributed by atoms with Crippen molar-refractivity contribution in [3.8, 4) is 0 Å². The Morgan fingerprint density at radius 1 is 1.42 bits per heavy atom. The molecule has 5 heteroatoms. The molecule has 1 fully saturated rings. The molecule has 1 aromatic heterocycles. The van der Waals surface area contributed by atoms with Crippen LogP contribution in [0.5, 0.6) is 0 Å². The molecule has 0 aliphatic carbocycles. The SMILES string of the molecule is CCC(CC)(OC)c1noc(C2CCNC(C)C2)n1. The average Bonchev–Trinajstić information content (AvgIpc) is 2.92. The summed E-state index contributed by atoms with van der Waals surface area (Å²) < 4.78 is 11.1. The van der Waals surface area contributed by atoms with Gasteiger partial charge >= 0.3 is 0 Å². The quantitative estimate of drug-likeness (QED) is 0.888. The van der Waals surface area contributed by atoms with E-state index in [0.29, 0.717) is 17.8 Å². The molecule has 19 heavy (non-hydrogen) atoms. The zero-order chi connectivity index (χ0) is 13.9. The smallest absolute Gasteiger partial charge is 0.229 e. The third-order valence-electron chi connectivity index (χ3n) is 4.36. The van der Waals surface area contributed by atoms with Crippen molar-refractivity contribution in [1.29, 1.82) is 0 Å². The highest BCUT2D eigenvalue weighted by atomic mass is 16.5. The van der Waals surface area contributed by atoms with Gasteiger partial charge in [-0.3, -0.25) is 0 Å². The Balaban J connectivity index is 2.18. The van der Waals surface area contributed by atoms with E-state index in [2.05, 4.69) is 36.2 Å². The first-order valence-corrected chi connectivity index (χ1v) is 7.27. The van der Waals surface area contributed by atoms with Gasteiger partial charge in [0.15, 0.2) is 0 Å². The van der Waals surface area contributed by atoms with Crippen LogP contribution in [0.2, 0.25) is 0 Å². The number of piperidine rings is 1. The van der Waals surface area contributed by atoms with Crippen molar-refractivity contribution in [2.75, 3.05) is 13.7 Å². The maximum Gasteiger partial charge on any atom is 0.229 e. The van der Waals surface area contributed by atoms with Crippen LogP contribution < -0.4 is 5.32 Å². The Morgan fingerprint density at radius 3 is 2.74 bits per heavy atom. The first kappa shape index (κ1) is 14.5. The van der Waals surface area contributed by atoms with E-state index >= 15 is 0 Å². The zero-order valence-corrected chi connectivity index (χ0v) is 12.4. The molecular formula is C14H25N3O2. The van der Waals surface area contributed by atoms with Gasteiger partial charge in [0, 0.05) is 19.1 Å². The van der Waals surface area contributed by atoms with Crippen molar-refractivity contribution in [3.05, 3.63) is 11.7 Å². The van der Waals surface area contributed by atoms with Gasteiger partial charge in [0.05, 0.1) is 0 Å². The van der Waals surface area contributed by atoms with Crippen LogP contribution in [-0.4, -0.2) is 29.8 Å². The van der Waals surface area contributed by atoms with E-state index in [9.17, 15) is 0 Å². The molecule has 0 aromatic carbocycles. The topological polar surface area (TPSA) is 60.2 Å². The number of ether oxygens (including phenoxy) is 1. The van der Waals surface area contributed by atoms with Crippen LogP contribution in [0.3, 0.4) is 0 Å². The number of hydrogen-bond acceptors (Lipinski definition) is 5. The maximum atomic E-state index is 5.65. The number of nitrogens with zero attached hydrogens (tertiary/aromatic N) is 2. The summed E-state index contributed by atoms with van der Waals surface area (Å²) in [6.45, 7) is 7.40. The van der Waals surface area contributed by atoms with Gasteiger partial charge in [-0.25, -0.2) is 0 Å². The van der Waals surface area contributed by atoms with Gasteiger partial charge in [0.2, 0.25) is 11.7 Å². The molecule has 1 aliphatic heterocycles. The molecule has 108 valence electrons. The Labute approximate surface area is 115 Å². The molecule has 0 spiro atoms. The van der Waals surface area contributed by atoms with E-state index in [1.165, 1.54) is 0 Å². The highest BCUT2D eigenvalue weighted by Gasteiger charge is 2.35. The lowest BCUT2D eigenvalue weighted by atomic mass is 9.93. The molecule has 0 amide bonds. The highest BCUT2D eigenvalue weighted by Crippen LogP contribution is 2.33. The predicted molar refractivity (Wildman–Crippen MR) is 73.0 cm³/mol. The second kappa shape index (κ2) is 6.01. The fourth-order valence-corrected chi connectivity index (χ4v) is 2.89. The number of aromatic nitrogens is 2. The molecule has 1 N–H and O–H groups in total. The Bertz CT molecular complexity index is 393. The van der Waals surface area contributed by atoms with Crippen LogP contribution >= 0.6 is 0 Å². The molecule has 2 heterocycles. The van der Waals surface area contributed by atoms with Gasteiger partial charge in [0.25, 0.3) is 0 Å². The molecule has 0 saturated carbocycles. The molecule has 0 bridgehead atoms. The van der Waals surface area contributed by atoms with Crippen molar-refractivity contribution in [2.24, 2.45) is 0 Å². The highest BCUT2D eigenvalue weighted by molar-refractivity contribution is 5.04. The van der Waals surface area contributed by atoms with Gasteiger partial charge in [-0.15, -0.1) is 0 Å². The minimum Gasteiger partial charge on any atom is -0.370 e. The van der Waals surface area contributed by atoms with Gasteiger partial charge in [-0.2, -0.15) is 4.98 Å². The summed E-state index contributed by atoms with van der Waals surface area (Å²) in [5.74, 6) is 1.84. The number of rotatable bonds is 5. The van der Waals surface area contributed by atoms with Crippen molar-refractivity contribution < 1.29 is 9.26 Å². The van der Waals surface area contributed by atoms with Crippen molar-refractivity contribution in [2.45, 2.75) is 64.0 Å². The van der Waals surface area contributed by atoms with E-state index in [-0.39, 0.29) is 0 Å². The Kier molecular flexibility index (Phi) is 4.58. The lowest BCUT2D eigenvalue weighted by Crippen LogP contribution is -2.35. The van der Waals surface area contributed by atoms with Gasteiger partial charge in [-0.05, 0) is 39.2 Å². The average molecular weight is 267 g/mol. The molecule has 1 aliphatic rings. The Hall–Kier alpha value is -0.940. The van der Waals surface area contributed by atoms with E-state index in [1.807, 2.05) is 0 Å². The Morgan fingerprint density at radius 2 is 2.16 bits per heavy atom. The monoisotopic (exact) mass is 267 g/mol. The van der Waals surface area contributed by atoms with E-state index < -0.39 is 5.60 Å². The van der Waals surface area contributed by atoms with Crippen LogP contribution in [0.1, 0.15) is 64.1 Å². The largest absolute Gasteiger partial charge is 0.370 e. The van der Waals surface area contributed by atoms with Gasteiger partial charge < -0.3 is 14.6 Å². The normalized spacial score (nSPS) is 24.6. The van der Waals surface area contributed by atoms with E-state index in [1.54, 1.807) is 7.11 Å². The standard InChI is InChI=1S/C14H25N3O2/c1-5-14(6-2,18-4)13-16-12(19-17-13)11-7-8-15-10(3)9-11/h10-11,15H,5-9H2,1-4H3. The summed E-state index contributed by atoms with van der Waals surface area (Å²) >= 11 is 0. The summed E-state index contributed by atoms with van der Waals surface area (Å²) in [4.78, 5) is 4.62. The van der Waals surface area contributed by atoms with Crippen molar-refractivity contribution >= 4 is 0 Å². The lowest BCUT2D eigenvalue weighted by Gasteiger charge is -2.26. The number of hydrogen-bond donors (Lipinski definition) is 1. The molecule has 5 nitrogen and oxygen atoms in total. The van der Waals surface area contributed by atoms with Crippen molar-refractivity contribution in [1.82, 2.24) is 15.5 Å². The molecule has 0 radical (unpaired) electrons. The third kappa shape index (κ3) is 2.82. The molecule has 1 saturated heterocycles. The van der Waals surface area contributed by atoms with E-state index in [0.717, 1.165) is 38.1 Å². The molecule has 2 rings (SSSR count). The summed E-state index contributed by atoms with van der Waals surface area (Å²) in [6, 6.07) is 0.513. The predicted octanol–water partition coefficient (Wildman–Crippen LogP) is 2.59. The van der Waals surface area contributed by atoms with Crippen LogP contribution in [0, 0.1) is 0 Å². The summed E-state index contributed by atoms with van der Waals surface area (Å²) in [5.41, 5.74) is -0.402. The minimum atomic E-state index is -0.402. The number of methoxy groups -OCH3 is 1. The fourth-order valence-electron chi connectivity index (χ4n) is 2.89. The second-order valence-electron chi connectivity index (χ2n) is 5.44. The summed E-state index contributed by atoms with van der Waals surface area (Å²) in [6.07, 6.45) is 3.81. The van der Waals surface area contributed by atoms with E-state index in [4.69, 9.17) is 9.26 Å². The lowest BCUT2D eigenvalue weighted by molar-refractivity contribution is -0.0306. The van der Waals surface area contributed by atoms with Gasteiger partial charge in [-0.1, -0.05) is 19.0 Å². The molecule has 1 aromatic rings. The molecule has 2 atom stereocenters. The maximum absolute atomic E-state index is 5.65. The fraction of sp³-hybridized carbons (Fsp3) is 0.857. The van der Waals surface area contributed by atoms with Crippen LogP contribution in [0.15, 0.2) is 4.52 Å². The molecular weight excluding hydrogens is 242 g/mol. The minimum absolute atomic E-state index is 0.376. The second-order valence-corrected chi connectivity index (χ2v) is 5.44. The van der Waals surface area contributed by atoms with Crippen molar-refractivity contribution in [3.63, 3.8) is 0 Å². The number of nitrogens with one attached hydrogen (secondary N) is 1. The van der Waals surface area contributed by atoms with Crippen LogP contribution in [-0.2, 0) is 10.3 Å². The van der Waals surface area contributed by atoms with Gasteiger partial charge in [0.1, 0.15) is 5.60 Å². The van der Waals surface area contributed by atoms with Crippen LogP contribution in [0.4, 0.5) is 0 Å². The molecule has 2 unspecified atom stereocenters.